The second-order valence-electron chi connectivity index (χ2n) is 5.65. The lowest BCUT2D eigenvalue weighted by molar-refractivity contribution is 0.102. The Labute approximate surface area is 145 Å². The number of imidazole rings is 1. The number of hydrogen-bond donors (Lipinski definition) is 1. The Morgan fingerprint density at radius 3 is 2.68 bits per heavy atom. The van der Waals surface area contributed by atoms with Crippen molar-refractivity contribution < 1.29 is 14.3 Å². The SMILES string of the molecule is O=C(Nc1ccc2c(c1)OCCCO2)c1cncn1-c1ccccc1. The number of nitrogens with zero attached hydrogens (tertiary/aromatic N) is 2. The molecule has 2 heterocycles. The number of ether oxygens (including phenoxy) is 2. The summed E-state index contributed by atoms with van der Waals surface area (Å²) in [5, 5.41) is 2.89. The molecule has 0 bridgehead atoms. The van der Waals surface area contributed by atoms with E-state index in [0.717, 1.165) is 12.1 Å². The van der Waals surface area contributed by atoms with Crippen molar-refractivity contribution in [1.82, 2.24) is 9.55 Å². The fourth-order valence-electron chi connectivity index (χ4n) is 2.69. The Hall–Kier alpha value is -3.28. The molecule has 0 atom stereocenters. The van der Waals surface area contributed by atoms with Crippen LogP contribution in [0, 0.1) is 0 Å². The van der Waals surface area contributed by atoms with E-state index in [1.54, 1.807) is 29.2 Å². The van der Waals surface area contributed by atoms with Crippen LogP contribution in [0.25, 0.3) is 5.69 Å². The molecule has 0 unspecified atom stereocenters. The van der Waals surface area contributed by atoms with Gasteiger partial charge in [0.15, 0.2) is 11.5 Å². The first-order valence-corrected chi connectivity index (χ1v) is 8.10. The molecule has 1 N–H and O–H groups in total. The van der Waals surface area contributed by atoms with Crippen LogP contribution in [0.3, 0.4) is 0 Å². The number of para-hydroxylation sites is 1. The summed E-state index contributed by atoms with van der Waals surface area (Å²) in [6.07, 6.45) is 4.01. The van der Waals surface area contributed by atoms with Gasteiger partial charge in [-0.15, -0.1) is 0 Å². The zero-order valence-electron chi connectivity index (χ0n) is 13.5. The maximum absolute atomic E-state index is 12.7. The minimum Gasteiger partial charge on any atom is -0.490 e. The molecule has 1 amide bonds. The Balaban J connectivity index is 1.57. The number of amides is 1. The van der Waals surface area contributed by atoms with E-state index in [4.69, 9.17) is 9.47 Å². The summed E-state index contributed by atoms with van der Waals surface area (Å²) in [5.74, 6) is 1.10. The number of anilines is 1. The monoisotopic (exact) mass is 335 g/mol. The lowest BCUT2D eigenvalue weighted by Gasteiger charge is -2.11. The molecule has 1 aromatic heterocycles. The summed E-state index contributed by atoms with van der Waals surface area (Å²) in [5.41, 5.74) is 1.98. The Bertz CT molecular complexity index is 890. The molecule has 25 heavy (non-hydrogen) atoms. The molecule has 1 aliphatic rings. The van der Waals surface area contributed by atoms with E-state index in [1.165, 1.54) is 0 Å². The molecule has 6 nitrogen and oxygen atoms in total. The van der Waals surface area contributed by atoms with Crippen molar-refractivity contribution in [3.05, 3.63) is 66.7 Å². The normalized spacial score (nSPS) is 13.1. The topological polar surface area (TPSA) is 65.4 Å². The van der Waals surface area contributed by atoms with Crippen molar-refractivity contribution in [3.8, 4) is 17.2 Å². The van der Waals surface area contributed by atoms with E-state index in [-0.39, 0.29) is 5.91 Å². The third kappa shape index (κ3) is 3.19. The molecule has 4 rings (SSSR count). The summed E-state index contributed by atoms with van der Waals surface area (Å²) in [4.78, 5) is 16.8. The summed E-state index contributed by atoms with van der Waals surface area (Å²) in [6, 6.07) is 15.0. The molecule has 0 radical (unpaired) electrons. The third-order valence-electron chi connectivity index (χ3n) is 3.91. The van der Waals surface area contributed by atoms with E-state index >= 15 is 0 Å². The van der Waals surface area contributed by atoms with E-state index in [1.807, 2.05) is 36.4 Å². The highest BCUT2D eigenvalue weighted by Gasteiger charge is 2.15. The average molecular weight is 335 g/mol. The van der Waals surface area contributed by atoms with Crippen LogP contribution in [-0.2, 0) is 0 Å². The van der Waals surface area contributed by atoms with Crippen molar-refractivity contribution in [1.29, 1.82) is 0 Å². The quantitative estimate of drug-likeness (QED) is 0.798. The molecule has 126 valence electrons. The number of nitrogens with one attached hydrogen (secondary N) is 1. The molecule has 1 aliphatic heterocycles. The standard InChI is InChI=1S/C19H17N3O3/c23-19(16-12-20-13-22(16)15-5-2-1-3-6-15)21-14-7-8-17-18(11-14)25-10-4-9-24-17/h1-3,5-8,11-13H,4,9-10H2,(H,21,23). The van der Waals surface area contributed by atoms with Crippen molar-refractivity contribution in [2.45, 2.75) is 6.42 Å². The second kappa shape index (κ2) is 6.68. The Morgan fingerprint density at radius 2 is 1.84 bits per heavy atom. The highest BCUT2D eigenvalue weighted by Crippen LogP contribution is 2.32. The van der Waals surface area contributed by atoms with E-state index < -0.39 is 0 Å². The second-order valence-corrected chi connectivity index (χ2v) is 5.65. The van der Waals surface area contributed by atoms with Crippen LogP contribution >= 0.6 is 0 Å². The fourth-order valence-corrected chi connectivity index (χ4v) is 2.69. The number of rotatable bonds is 3. The maximum atomic E-state index is 12.7. The molecule has 0 saturated heterocycles. The lowest BCUT2D eigenvalue weighted by atomic mass is 10.2. The number of aromatic nitrogens is 2. The summed E-state index contributed by atoms with van der Waals surface area (Å²) in [7, 11) is 0. The van der Waals surface area contributed by atoms with Gasteiger partial charge in [-0.05, 0) is 24.3 Å². The fraction of sp³-hybridized carbons (Fsp3) is 0.158. The average Bonchev–Trinajstić information content (AvgIpc) is 3.02. The highest BCUT2D eigenvalue weighted by molar-refractivity contribution is 6.03. The first-order valence-electron chi connectivity index (χ1n) is 8.10. The van der Waals surface area contributed by atoms with Gasteiger partial charge in [0.25, 0.3) is 5.91 Å². The van der Waals surface area contributed by atoms with E-state index in [9.17, 15) is 4.79 Å². The highest BCUT2D eigenvalue weighted by atomic mass is 16.5. The maximum Gasteiger partial charge on any atom is 0.274 e. The first-order chi connectivity index (χ1) is 12.3. The molecule has 3 aromatic rings. The molecule has 0 saturated carbocycles. The number of fused-ring (bicyclic) bond motifs is 1. The van der Waals surface area contributed by atoms with Crippen LogP contribution in [0.15, 0.2) is 61.1 Å². The van der Waals surface area contributed by atoms with Gasteiger partial charge in [-0.1, -0.05) is 18.2 Å². The molecule has 2 aromatic carbocycles. The molecule has 0 aliphatic carbocycles. The third-order valence-corrected chi connectivity index (χ3v) is 3.91. The zero-order valence-corrected chi connectivity index (χ0v) is 13.5. The number of carbonyl (C=O) groups excluding carboxylic acids is 1. The largest absolute Gasteiger partial charge is 0.490 e. The van der Waals surface area contributed by atoms with Crippen molar-refractivity contribution in [2.24, 2.45) is 0 Å². The van der Waals surface area contributed by atoms with Crippen molar-refractivity contribution in [2.75, 3.05) is 18.5 Å². The van der Waals surface area contributed by atoms with Gasteiger partial charge in [-0.3, -0.25) is 9.36 Å². The van der Waals surface area contributed by atoms with Crippen LogP contribution in [0.5, 0.6) is 11.5 Å². The van der Waals surface area contributed by atoms with Gasteiger partial charge < -0.3 is 14.8 Å². The van der Waals surface area contributed by atoms with Gasteiger partial charge in [-0.2, -0.15) is 0 Å². The van der Waals surface area contributed by atoms with E-state index in [0.29, 0.717) is 36.1 Å². The van der Waals surface area contributed by atoms with Crippen LogP contribution in [0.4, 0.5) is 5.69 Å². The van der Waals surface area contributed by atoms with Gasteiger partial charge in [0.05, 0.1) is 25.7 Å². The molecule has 0 fully saturated rings. The lowest BCUT2D eigenvalue weighted by Crippen LogP contribution is -2.16. The summed E-state index contributed by atoms with van der Waals surface area (Å²) >= 11 is 0. The van der Waals surface area contributed by atoms with Crippen LogP contribution in [0.2, 0.25) is 0 Å². The molecule has 0 spiro atoms. The predicted octanol–water partition coefficient (Wildman–Crippen LogP) is 3.29. The van der Waals surface area contributed by atoms with Crippen LogP contribution in [-0.4, -0.2) is 28.7 Å². The van der Waals surface area contributed by atoms with Gasteiger partial charge >= 0.3 is 0 Å². The number of carbonyl (C=O) groups is 1. The van der Waals surface area contributed by atoms with Crippen LogP contribution < -0.4 is 14.8 Å². The minimum absolute atomic E-state index is 0.240. The van der Waals surface area contributed by atoms with Gasteiger partial charge in [-0.25, -0.2) is 4.98 Å². The van der Waals surface area contributed by atoms with Gasteiger partial charge in [0.2, 0.25) is 0 Å². The summed E-state index contributed by atoms with van der Waals surface area (Å²) < 4.78 is 13.0. The van der Waals surface area contributed by atoms with Crippen LogP contribution in [0.1, 0.15) is 16.9 Å². The first kappa shape index (κ1) is 15.3. The Morgan fingerprint density at radius 1 is 1.04 bits per heavy atom. The van der Waals surface area contributed by atoms with Crippen molar-refractivity contribution >= 4 is 11.6 Å². The summed E-state index contributed by atoms with van der Waals surface area (Å²) in [6.45, 7) is 1.24. The number of benzene rings is 2. The molecular formula is C19H17N3O3. The van der Waals surface area contributed by atoms with Crippen molar-refractivity contribution in [3.63, 3.8) is 0 Å². The molecular weight excluding hydrogens is 318 g/mol. The Kier molecular flexibility index (Phi) is 4.08. The number of hydrogen-bond acceptors (Lipinski definition) is 4. The smallest absolute Gasteiger partial charge is 0.274 e. The van der Waals surface area contributed by atoms with Gasteiger partial charge in [0, 0.05) is 23.9 Å². The molecule has 6 heteroatoms. The predicted molar refractivity (Wildman–Crippen MR) is 93.6 cm³/mol. The van der Waals surface area contributed by atoms with E-state index in [2.05, 4.69) is 10.3 Å². The van der Waals surface area contributed by atoms with Gasteiger partial charge in [0.1, 0.15) is 5.69 Å². The zero-order chi connectivity index (χ0) is 17.1. The minimum atomic E-state index is -0.240.